The summed E-state index contributed by atoms with van der Waals surface area (Å²) < 4.78 is 13.4. The Kier molecular flexibility index (Phi) is 6.63. The highest BCUT2D eigenvalue weighted by Gasteiger charge is 2.20. The zero-order chi connectivity index (χ0) is 19.9. The molecular weight excluding hydrogens is 355 g/mol. The van der Waals surface area contributed by atoms with Crippen LogP contribution in [0, 0.1) is 12.7 Å². The molecule has 28 heavy (non-hydrogen) atoms. The van der Waals surface area contributed by atoms with Crippen molar-refractivity contribution in [2.24, 2.45) is 4.99 Å². The van der Waals surface area contributed by atoms with E-state index in [4.69, 9.17) is 0 Å². The standard InChI is InChI=1S/C22H27FN4O/c1-3-24-22(25-13-17-8-9-20(23)16(2)12-17)26-14-21(28)27-11-10-18-6-4-5-7-19(18)15-27/h4-9,12H,3,10-11,13-15H2,1-2H3,(H2,24,25,26). The second kappa shape index (κ2) is 9.35. The number of halogens is 1. The molecule has 2 N–H and O–H groups in total. The molecule has 1 amide bonds. The highest BCUT2D eigenvalue weighted by molar-refractivity contribution is 5.86. The predicted molar refractivity (Wildman–Crippen MR) is 110 cm³/mol. The number of fused-ring (bicyclic) bond motifs is 1. The Balaban J connectivity index is 1.57. The number of nitrogens with zero attached hydrogens (tertiary/aromatic N) is 2. The molecular formula is C22H27FN4O. The van der Waals surface area contributed by atoms with Gasteiger partial charge in [-0.25, -0.2) is 9.38 Å². The van der Waals surface area contributed by atoms with E-state index >= 15 is 0 Å². The monoisotopic (exact) mass is 382 g/mol. The molecule has 1 heterocycles. The maximum atomic E-state index is 13.4. The van der Waals surface area contributed by atoms with E-state index in [1.54, 1.807) is 19.1 Å². The summed E-state index contributed by atoms with van der Waals surface area (Å²) in [5.74, 6) is 0.416. The summed E-state index contributed by atoms with van der Waals surface area (Å²) in [6.45, 7) is 6.40. The summed E-state index contributed by atoms with van der Waals surface area (Å²) in [6, 6.07) is 13.2. The fourth-order valence-corrected chi connectivity index (χ4v) is 3.30. The zero-order valence-corrected chi connectivity index (χ0v) is 16.5. The van der Waals surface area contributed by atoms with Gasteiger partial charge in [0, 0.05) is 19.6 Å². The van der Waals surface area contributed by atoms with Crippen molar-refractivity contribution in [3.63, 3.8) is 0 Å². The number of aryl methyl sites for hydroxylation is 1. The lowest BCUT2D eigenvalue weighted by molar-refractivity contribution is -0.130. The summed E-state index contributed by atoms with van der Waals surface area (Å²) >= 11 is 0. The van der Waals surface area contributed by atoms with Crippen molar-refractivity contribution in [1.29, 1.82) is 0 Å². The molecule has 0 aliphatic carbocycles. The van der Waals surface area contributed by atoms with Gasteiger partial charge < -0.3 is 15.5 Å². The van der Waals surface area contributed by atoms with Crippen molar-refractivity contribution in [3.05, 3.63) is 70.5 Å². The largest absolute Gasteiger partial charge is 0.357 e. The van der Waals surface area contributed by atoms with Gasteiger partial charge in [0.05, 0.1) is 13.1 Å². The van der Waals surface area contributed by atoms with Crippen LogP contribution in [-0.4, -0.2) is 36.4 Å². The van der Waals surface area contributed by atoms with E-state index < -0.39 is 0 Å². The first kappa shape index (κ1) is 19.9. The first-order chi connectivity index (χ1) is 13.6. The number of rotatable bonds is 5. The van der Waals surface area contributed by atoms with Crippen LogP contribution in [0.25, 0.3) is 0 Å². The van der Waals surface area contributed by atoms with Gasteiger partial charge in [-0.15, -0.1) is 0 Å². The number of hydrogen-bond donors (Lipinski definition) is 2. The molecule has 0 fully saturated rings. The third-order valence-electron chi connectivity index (χ3n) is 4.88. The Bertz CT molecular complexity index is 865. The normalized spacial score (nSPS) is 13.8. The third kappa shape index (κ3) is 5.09. The Hall–Kier alpha value is -2.89. The average molecular weight is 382 g/mol. The lowest BCUT2D eigenvalue weighted by Crippen LogP contribution is -2.45. The minimum atomic E-state index is -0.216. The van der Waals surface area contributed by atoms with Crippen molar-refractivity contribution in [1.82, 2.24) is 15.5 Å². The fourth-order valence-electron chi connectivity index (χ4n) is 3.30. The number of amides is 1. The lowest BCUT2D eigenvalue weighted by Gasteiger charge is -2.29. The highest BCUT2D eigenvalue weighted by Crippen LogP contribution is 2.18. The number of hydrogen-bond acceptors (Lipinski definition) is 2. The first-order valence-corrected chi connectivity index (χ1v) is 9.68. The average Bonchev–Trinajstić information content (AvgIpc) is 2.72. The zero-order valence-electron chi connectivity index (χ0n) is 16.5. The van der Waals surface area contributed by atoms with Gasteiger partial charge in [0.1, 0.15) is 5.82 Å². The number of carbonyl (C=O) groups is 1. The SMILES string of the molecule is CCNC(=NCc1ccc(F)c(C)c1)NCC(=O)N1CCc2ccccc2C1. The number of benzene rings is 2. The molecule has 6 heteroatoms. The minimum absolute atomic E-state index is 0.0535. The molecule has 0 aromatic heterocycles. The number of aliphatic imine (C=N–C) groups is 1. The van der Waals surface area contributed by atoms with Crippen molar-refractivity contribution < 1.29 is 9.18 Å². The van der Waals surface area contributed by atoms with Gasteiger partial charge in [-0.05, 0) is 48.6 Å². The molecule has 148 valence electrons. The minimum Gasteiger partial charge on any atom is -0.357 e. The fraction of sp³-hybridized carbons (Fsp3) is 0.364. The smallest absolute Gasteiger partial charge is 0.242 e. The van der Waals surface area contributed by atoms with Gasteiger partial charge >= 0.3 is 0 Å². The highest BCUT2D eigenvalue weighted by atomic mass is 19.1. The van der Waals surface area contributed by atoms with Gasteiger partial charge in [-0.3, -0.25) is 4.79 Å². The van der Waals surface area contributed by atoms with Crippen LogP contribution in [0.3, 0.4) is 0 Å². The van der Waals surface area contributed by atoms with E-state index in [-0.39, 0.29) is 18.3 Å². The van der Waals surface area contributed by atoms with E-state index in [9.17, 15) is 9.18 Å². The van der Waals surface area contributed by atoms with Gasteiger partial charge in [-0.2, -0.15) is 0 Å². The van der Waals surface area contributed by atoms with Crippen LogP contribution in [0.5, 0.6) is 0 Å². The number of carbonyl (C=O) groups excluding carboxylic acids is 1. The summed E-state index contributed by atoms with van der Waals surface area (Å²) in [4.78, 5) is 19.0. The van der Waals surface area contributed by atoms with Crippen molar-refractivity contribution >= 4 is 11.9 Å². The van der Waals surface area contributed by atoms with Gasteiger partial charge in [-0.1, -0.05) is 36.4 Å². The van der Waals surface area contributed by atoms with Crippen LogP contribution in [0.15, 0.2) is 47.5 Å². The molecule has 0 unspecified atom stereocenters. The van der Waals surface area contributed by atoms with Crippen LogP contribution in [0.1, 0.15) is 29.2 Å². The molecule has 1 aliphatic rings. The summed E-state index contributed by atoms with van der Waals surface area (Å²) in [7, 11) is 0. The molecule has 2 aromatic rings. The second-order valence-corrected chi connectivity index (χ2v) is 6.97. The molecule has 3 rings (SSSR count). The van der Waals surface area contributed by atoms with Crippen molar-refractivity contribution in [2.45, 2.75) is 33.4 Å². The lowest BCUT2D eigenvalue weighted by atomic mass is 10.00. The van der Waals surface area contributed by atoms with Crippen molar-refractivity contribution in [3.8, 4) is 0 Å². The molecule has 0 radical (unpaired) electrons. The Morgan fingerprint density at radius 2 is 1.96 bits per heavy atom. The predicted octanol–water partition coefficient (Wildman–Crippen LogP) is 2.77. The van der Waals surface area contributed by atoms with Crippen LogP contribution in [0.2, 0.25) is 0 Å². The molecule has 0 atom stereocenters. The molecule has 0 saturated carbocycles. The third-order valence-corrected chi connectivity index (χ3v) is 4.88. The molecule has 5 nitrogen and oxygen atoms in total. The maximum Gasteiger partial charge on any atom is 0.242 e. The summed E-state index contributed by atoms with van der Waals surface area (Å²) in [5.41, 5.74) is 4.07. The van der Waals surface area contributed by atoms with Gasteiger partial charge in [0.2, 0.25) is 5.91 Å². The molecule has 2 aromatic carbocycles. The first-order valence-electron chi connectivity index (χ1n) is 9.68. The molecule has 0 spiro atoms. The number of guanidine groups is 1. The Morgan fingerprint density at radius 1 is 1.18 bits per heavy atom. The molecule has 1 aliphatic heterocycles. The van der Waals surface area contributed by atoms with Crippen molar-refractivity contribution in [2.75, 3.05) is 19.6 Å². The topological polar surface area (TPSA) is 56.7 Å². The van der Waals surface area contributed by atoms with Crippen LogP contribution >= 0.6 is 0 Å². The summed E-state index contributed by atoms with van der Waals surface area (Å²) in [6.07, 6.45) is 0.889. The van der Waals surface area contributed by atoms with E-state index in [1.807, 2.05) is 24.0 Å². The van der Waals surface area contributed by atoms with E-state index in [1.165, 1.54) is 17.2 Å². The van der Waals surface area contributed by atoms with Gasteiger partial charge in [0.25, 0.3) is 0 Å². The summed E-state index contributed by atoms with van der Waals surface area (Å²) in [5, 5.41) is 6.26. The Morgan fingerprint density at radius 3 is 2.71 bits per heavy atom. The quantitative estimate of drug-likeness (QED) is 0.618. The number of nitrogens with one attached hydrogen (secondary N) is 2. The maximum absolute atomic E-state index is 13.4. The molecule has 0 saturated heterocycles. The van der Waals surface area contributed by atoms with Crippen LogP contribution in [0.4, 0.5) is 4.39 Å². The van der Waals surface area contributed by atoms with Gasteiger partial charge in [0.15, 0.2) is 5.96 Å². The van der Waals surface area contributed by atoms with E-state index in [0.29, 0.717) is 31.2 Å². The second-order valence-electron chi connectivity index (χ2n) is 6.97. The Labute approximate surface area is 165 Å². The van der Waals surface area contributed by atoms with E-state index in [2.05, 4.69) is 27.8 Å². The van der Waals surface area contributed by atoms with E-state index in [0.717, 1.165) is 18.5 Å². The van der Waals surface area contributed by atoms with Crippen LogP contribution in [-0.2, 0) is 24.3 Å². The molecule has 0 bridgehead atoms. The van der Waals surface area contributed by atoms with Crippen LogP contribution < -0.4 is 10.6 Å².